The molecule has 0 spiro atoms. The molecular formula is C5H10N2. The van der Waals surface area contributed by atoms with Crippen molar-refractivity contribution in [2.45, 2.75) is 13.0 Å². The van der Waals surface area contributed by atoms with E-state index in [4.69, 9.17) is 5.26 Å². The molecule has 0 rings (SSSR count). The molecule has 0 N–H and O–H groups in total. The van der Waals surface area contributed by atoms with Gasteiger partial charge < -0.3 is 0 Å². The van der Waals surface area contributed by atoms with E-state index in [2.05, 4.69) is 6.07 Å². The average molecular weight is 98.1 g/mol. The Morgan fingerprint density at radius 3 is 2.00 bits per heavy atom. The van der Waals surface area contributed by atoms with Crippen molar-refractivity contribution < 1.29 is 0 Å². The minimum atomic E-state index is 0.0417. The molecule has 0 aromatic heterocycles. The van der Waals surface area contributed by atoms with Crippen molar-refractivity contribution in [2.24, 2.45) is 0 Å². The van der Waals surface area contributed by atoms with Crippen molar-refractivity contribution in [3.8, 4) is 6.07 Å². The van der Waals surface area contributed by atoms with Crippen molar-refractivity contribution in [2.75, 3.05) is 14.1 Å². The second-order valence-electron chi connectivity index (χ2n) is 1.77. The molecule has 0 aliphatic heterocycles. The fraction of sp³-hybridized carbons (Fsp3) is 0.800. The van der Waals surface area contributed by atoms with Crippen molar-refractivity contribution in [3.05, 3.63) is 0 Å². The molecular weight excluding hydrogens is 88.1 g/mol. The van der Waals surface area contributed by atoms with E-state index < -0.39 is 0 Å². The van der Waals surface area contributed by atoms with Crippen LogP contribution in [0.2, 0.25) is 0 Å². The van der Waals surface area contributed by atoms with Crippen LogP contribution < -0.4 is 0 Å². The highest BCUT2D eigenvalue weighted by atomic mass is 15.1. The van der Waals surface area contributed by atoms with Gasteiger partial charge in [0.05, 0.1) is 12.1 Å². The minimum Gasteiger partial charge on any atom is -0.294 e. The van der Waals surface area contributed by atoms with E-state index in [0.717, 1.165) is 0 Å². The van der Waals surface area contributed by atoms with E-state index in [1.165, 1.54) is 0 Å². The van der Waals surface area contributed by atoms with Crippen LogP contribution in [0.25, 0.3) is 0 Å². The Labute approximate surface area is 44.4 Å². The van der Waals surface area contributed by atoms with Crippen LogP contribution >= 0.6 is 0 Å². The first-order valence-electron chi connectivity index (χ1n) is 2.24. The first-order chi connectivity index (χ1) is 3.18. The molecule has 40 valence electrons. The summed E-state index contributed by atoms with van der Waals surface area (Å²) in [4.78, 5) is 1.86. The van der Waals surface area contributed by atoms with Gasteiger partial charge in [0.2, 0.25) is 0 Å². The largest absolute Gasteiger partial charge is 0.294 e. The molecule has 0 aliphatic carbocycles. The Morgan fingerprint density at radius 1 is 1.57 bits per heavy atom. The molecule has 0 aromatic rings. The molecule has 0 fully saturated rings. The first kappa shape index (κ1) is 6.45. The predicted molar refractivity (Wildman–Crippen MR) is 28.8 cm³/mol. The standard InChI is InChI=1S/C5H10N2/c1-5(4-6)7(2)3/h5H,1-3H3. The second-order valence-corrected chi connectivity index (χ2v) is 1.77. The summed E-state index contributed by atoms with van der Waals surface area (Å²) in [6, 6.07) is 2.13. The maximum Gasteiger partial charge on any atom is 0.0944 e. The first-order valence-corrected chi connectivity index (χ1v) is 2.24. The Balaban J connectivity index is 3.40. The SMILES string of the molecule is CC(C#N)N(C)C. The van der Waals surface area contributed by atoms with Crippen molar-refractivity contribution in [1.29, 1.82) is 5.26 Å². The van der Waals surface area contributed by atoms with Crippen LogP contribution in [0.15, 0.2) is 0 Å². The maximum absolute atomic E-state index is 8.21. The van der Waals surface area contributed by atoms with Gasteiger partial charge in [0.15, 0.2) is 0 Å². The highest BCUT2D eigenvalue weighted by molar-refractivity contribution is 4.84. The van der Waals surface area contributed by atoms with Gasteiger partial charge in [-0.3, -0.25) is 4.90 Å². The number of nitriles is 1. The van der Waals surface area contributed by atoms with Crippen LogP contribution in [-0.2, 0) is 0 Å². The summed E-state index contributed by atoms with van der Waals surface area (Å²) >= 11 is 0. The van der Waals surface area contributed by atoms with Crippen LogP contribution in [0.3, 0.4) is 0 Å². The lowest BCUT2D eigenvalue weighted by Gasteiger charge is -2.09. The summed E-state index contributed by atoms with van der Waals surface area (Å²) < 4.78 is 0. The smallest absolute Gasteiger partial charge is 0.0944 e. The molecule has 0 bridgehead atoms. The second kappa shape index (κ2) is 2.59. The molecule has 1 unspecified atom stereocenters. The van der Waals surface area contributed by atoms with Crippen LogP contribution in [0.4, 0.5) is 0 Å². The molecule has 1 atom stereocenters. The minimum absolute atomic E-state index is 0.0417. The van der Waals surface area contributed by atoms with Gasteiger partial charge in [-0.1, -0.05) is 0 Å². The van der Waals surface area contributed by atoms with Gasteiger partial charge in [-0.15, -0.1) is 0 Å². The molecule has 0 aromatic carbocycles. The van der Waals surface area contributed by atoms with E-state index >= 15 is 0 Å². The van der Waals surface area contributed by atoms with Gasteiger partial charge in [0.1, 0.15) is 0 Å². The Bertz CT molecular complexity index is 80.6. The third-order valence-electron chi connectivity index (χ3n) is 0.961. The molecule has 0 aliphatic rings. The third kappa shape index (κ3) is 2.18. The molecule has 0 saturated heterocycles. The lowest BCUT2D eigenvalue weighted by Crippen LogP contribution is -2.22. The van der Waals surface area contributed by atoms with E-state index in [1.54, 1.807) is 0 Å². The van der Waals surface area contributed by atoms with E-state index in [-0.39, 0.29) is 6.04 Å². The molecule has 0 saturated carbocycles. The summed E-state index contributed by atoms with van der Waals surface area (Å²) in [7, 11) is 3.77. The molecule has 2 nitrogen and oxygen atoms in total. The van der Waals surface area contributed by atoms with Crippen molar-refractivity contribution in [3.63, 3.8) is 0 Å². The molecule has 7 heavy (non-hydrogen) atoms. The van der Waals surface area contributed by atoms with Gasteiger partial charge in [0.25, 0.3) is 0 Å². The summed E-state index contributed by atoms with van der Waals surface area (Å²) in [5.41, 5.74) is 0. The van der Waals surface area contributed by atoms with E-state index in [9.17, 15) is 0 Å². The van der Waals surface area contributed by atoms with Gasteiger partial charge in [-0.25, -0.2) is 0 Å². The van der Waals surface area contributed by atoms with Crippen molar-refractivity contribution >= 4 is 0 Å². The third-order valence-corrected chi connectivity index (χ3v) is 0.961. The van der Waals surface area contributed by atoms with Crippen LogP contribution in [-0.4, -0.2) is 25.0 Å². The van der Waals surface area contributed by atoms with Crippen molar-refractivity contribution in [1.82, 2.24) is 4.90 Å². The molecule has 0 radical (unpaired) electrons. The van der Waals surface area contributed by atoms with E-state index in [0.29, 0.717) is 0 Å². The number of hydrogen-bond acceptors (Lipinski definition) is 2. The van der Waals surface area contributed by atoms with Crippen LogP contribution in [0.1, 0.15) is 6.92 Å². The summed E-state index contributed by atoms with van der Waals surface area (Å²) in [5, 5.41) is 8.21. The lowest BCUT2D eigenvalue weighted by molar-refractivity contribution is 0.371. The number of hydrogen-bond donors (Lipinski definition) is 0. The zero-order chi connectivity index (χ0) is 5.86. The van der Waals surface area contributed by atoms with E-state index in [1.807, 2.05) is 25.9 Å². The fourth-order valence-electron chi connectivity index (χ4n) is 0.115. The van der Waals surface area contributed by atoms with Gasteiger partial charge in [-0.05, 0) is 21.0 Å². The highest BCUT2D eigenvalue weighted by Crippen LogP contribution is 1.84. The van der Waals surface area contributed by atoms with Crippen LogP contribution in [0.5, 0.6) is 0 Å². The van der Waals surface area contributed by atoms with Crippen LogP contribution in [0, 0.1) is 11.3 Å². The average Bonchev–Trinajstić information content (AvgIpc) is 1.65. The number of nitrogens with zero attached hydrogens (tertiary/aromatic N) is 2. The van der Waals surface area contributed by atoms with Gasteiger partial charge in [-0.2, -0.15) is 5.26 Å². The Morgan fingerprint density at radius 2 is 2.00 bits per heavy atom. The molecule has 2 heteroatoms. The quantitative estimate of drug-likeness (QED) is 0.476. The van der Waals surface area contributed by atoms with Gasteiger partial charge >= 0.3 is 0 Å². The Kier molecular flexibility index (Phi) is 2.39. The molecule has 0 heterocycles. The number of rotatable bonds is 1. The lowest BCUT2D eigenvalue weighted by atomic mass is 10.4. The zero-order valence-corrected chi connectivity index (χ0v) is 4.97. The fourth-order valence-corrected chi connectivity index (χ4v) is 0.115. The topological polar surface area (TPSA) is 27.0 Å². The Hall–Kier alpha value is -0.550. The predicted octanol–water partition coefficient (Wildman–Crippen LogP) is 0.460. The summed E-state index contributed by atoms with van der Waals surface area (Å²) in [5.74, 6) is 0. The normalized spacial score (nSPS) is 13.6. The van der Waals surface area contributed by atoms with Gasteiger partial charge in [0, 0.05) is 0 Å². The maximum atomic E-state index is 8.21. The monoisotopic (exact) mass is 98.1 g/mol. The summed E-state index contributed by atoms with van der Waals surface area (Å²) in [6.45, 7) is 1.86. The molecule has 0 amide bonds. The summed E-state index contributed by atoms with van der Waals surface area (Å²) in [6.07, 6.45) is 0. The zero-order valence-electron chi connectivity index (χ0n) is 4.97. The highest BCUT2D eigenvalue weighted by Gasteiger charge is 1.97.